The van der Waals surface area contributed by atoms with Crippen LogP contribution in [0.2, 0.25) is 0 Å². The number of rotatable bonds is 2. The fourth-order valence-corrected chi connectivity index (χ4v) is 0.446. The predicted octanol–water partition coefficient (Wildman–Crippen LogP) is 0.132. The molecule has 0 bridgehead atoms. The van der Waals surface area contributed by atoms with Crippen LogP contribution in [0.15, 0.2) is 5.10 Å². The van der Waals surface area contributed by atoms with Crippen molar-refractivity contribution in [3.8, 4) is 0 Å². The van der Waals surface area contributed by atoms with Gasteiger partial charge in [0.05, 0.1) is 6.61 Å². The van der Waals surface area contributed by atoms with E-state index in [0.29, 0.717) is 6.61 Å². The second kappa shape index (κ2) is 4.48. The van der Waals surface area contributed by atoms with Gasteiger partial charge in [0, 0.05) is 14.1 Å². The third-order valence-electron chi connectivity index (χ3n) is 0.823. The highest BCUT2D eigenvalue weighted by atomic mass is 16.7. The van der Waals surface area contributed by atoms with Gasteiger partial charge in [-0.1, -0.05) is 0 Å². The van der Waals surface area contributed by atoms with Crippen LogP contribution in [0.25, 0.3) is 0 Å². The summed E-state index contributed by atoms with van der Waals surface area (Å²) in [6.45, 7) is 2.10. The molecule has 0 aliphatic rings. The Morgan fingerprint density at radius 2 is 2.27 bits per heavy atom. The van der Waals surface area contributed by atoms with E-state index in [-0.39, 0.29) is 6.02 Å². The third kappa shape index (κ3) is 4.12. The van der Waals surface area contributed by atoms with Crippen LogP contribution in [0.1, 0.15) is 6.92 Å². The molecule has 0 aromatic carbocycles. The van der Waals surface area contributed by atoms with E-state index < -0.39 is 5.03 Å². The number of hydrogen-bond acceptors (Lipinski definition) is 3. The molecule has 0 aromatic heterocycles. The van der Waals surface area contributed by atoms with E-state index >= 15 is 0 Å². The van der Waals surface area contributed by atoms with Gasteiger partial charge < -0.3 is 9.64 Å². The SMILES string of the molecule is CCO/C(=N\[N+](=O)[O-])N(C)C. The molecule has 6 nitrogen and oxygen atoms in total. The Bertz CT molecular complexity index is 166. The molecule has 0 saturated heterocycles. The van der Waals surface area contributed by atoms with Crippen molar-refractivity contribution < 1.29 is 9.77 Å². The molecule has 0 atom stereocenters. The summed E-state index contributed by atoms with van der Waals surface area (Å²) in [5.41, 5.74) is 0. The third-order valence-corrected chi connectivity index (χ3v) is 0.823. The van der Waals surface area contributed by atoms with Crippen LogP contribution in [0, 0.1) is 10.1 Å². The van der Waals surface area contributed by atoms with Gasteiger partial charge >= 0.3 is 6.02 Å². The number of nitro groups is 1. The van der Waals surface area contributed by atoms with Crippen LogP contribution in [-0.2, 0) is 4.74 Å². The molecule has 64 valence electrons. The quantitative estimate of drug-likeness (QED) is 0.250. The highest BCUT2D eigenvalue weighted by molar-refractivity contribution is 5.72. The van der Waals surface area contributed by atoms with Crippen molar-refractivity contribution in [1.29, 1.82) is 0 Å². The molecule has 0 aromatic rings. The normalized spacial score (nSPS) is 11.0. The van der Waals surface area contributed by atoms with Crippen LogP contribution in [0.4, 0.5) is 0 Å². The molecule has 0 unspecified atom stereocenters. The monoisotopic (exact) mass is 161 g/mol. The molecule has 6 heteroatoms. The van der Waals surface area contributed by atoms with Gasteiger partial charge in [0.1, 0.15) is 5.10 Å². The average Bonchev–Trinajstić information content (AvgIpc) is 1.86. The molecule has 0 rings (SSSR count). The minimum atomic E-state index is -0.787. The first-order valence-corrected chi connectivity index (χ1v) is 3.11. The highest BCUT2D eigenvalue weighted by Crippen LogP contribution is 1.87. The lowest BCUT2D eigenvalue weighted by Crippen LogP contribution is -2.25. The average molecular weight is 161 g/mol. The Hall–Kier alpha value is -1.33. The second-order valence-electron chi connectivity index (χ2n) is 1.95. The molecule has 0 N–H and O–H groups in total. The molecular formula is C5H11N3O3. The van der Waals surface area contributed by atoms with Crippen LogP contribution in [0.3, 0.4) is 0 Å². The van der Waals surface area contributed by atoms with Crippen molar-refractivity contribution >= 4 is 6.02 Å². The molecule has 0 aliphatic heterocycles. The summed E-state index contributed by atoms with van der Waals surface area (Å²) in [7, 11) is 3.25. The predicted molar refractivity (Wildman–Crippen MR) is 39.7 cm³/mol. The van der Waals surface area contributed by atoms with Crippen LogP contribution < -0.4 is 0 Å². The number of hydrazone groups is 1. The number of hydrogen-bond donors (Lipinski definition) is 0. The molecular weight excluding hydrogens is 150 g/mol. The Balaban J connectivity index is 4.20. The second-order valence-corrected chi connectivity index (χ2v) is 1.95. The smallest absolute Gasteiger partial charge is 0.361 e. The number of ether oxygens (including phenoxy) is 1. The van der Waals surface area contributed by atoms with Crippen LogP contribution in [-0.4, -0.2) is 36.7 Å². The lowest BCUT2D eigenvalue weighted by molar-refractivity contribution is -0.487. The van der Waals surface area contributed by atoms with E-state index in [2.05, 4.69) is 5.10 Å². The van der Waals surface area contributed by atoms with Gasteiger partial charge in [-0.25, -0.2) is 10.1 Å². The lowest BCUT2D eigenvalue weighted by Gasteiger charge is -2.10. The summed E-state index contributed by atoms with van der Waals surface area (Å²) in [5, 5.41) is 12.1. The van der Waals surface area contributed by atoms with E-state index in [0.717, 1.165) is 0 Å². The molecule has 0 radical (unpaired) electrons. The maximum Gasteiger partial charge on any atom is 0.361 e. The summed E-state index contributed by atoms with van der Waals surface area (Å²) in [4.78, 5) is 11.3. The largest absolute Gasteiger partial charge is 0.461 e. The van der Waals surface area contributed by atoms with Gasteiger partial charge in [-0.2, -0.15) is 0 Å². The van der Waals surface area contributed by atoms with E-state index in [4.69, 9.17) is 4.74 Å². The zero-order valence-corrected chi connectivity index (χ0v) is 6.77. The maximum atomic E-state index is 9.90. The first-order chi connectivity index (χ1) is 5.07. The van der Waals surface area contributed by atoms with E-state index in [1.54, 1.807) is 21.0 Å². The maximum absolute atomic E-state index is 9.90. The van der Waals surface area contributed by atoms with Crippen molar-refractivity contribution in [3.05, 3.63) is 10.1 Å². The topological polar surface area (TPSA) is 68.0 Å². The zero-order chi connectivity index (χ0) is 8.85. The Labute approximate surface area is 64.6 Å². The van der Waals surface area contributed by atoms with Crippen molar-refractivity contribution in [3.63, 3.8) is 0 Å². The van der Waals surface area contributed by atoms with Crippen molar-refractivity contribution in [1.82, 2.24) is 4.90 Å². The van der Waals surface area contributed by atoms with Gasteiger partial charge in [0.2, 0.25) is 0 Å². The van der Waals surface area contributed by atoms with E-state index in [1.807, 2.05) is 0 Å². The van der Waals surface area contributed by atoms with Crippen molar-refractivity contribution in [2.24, 2.45) is 5.10 Å². The van der Waals surface area contributed by atoms with Crippen molar-refractivity contribution in [2.75, 3.05) is 20.7 Å². The summed E-state index contributed by atoms with van der Waals surface area (Å²) in [6.07, 6.45) is 0. The van der Waals surface area contributed by atoms with Gasteiger partial charge in [0.25, 0.3) is 0 Å². The highest BCUT2D eigenvalue weighted by Gasteiger charge is 2.07. The summed E-state index contributed by atoms with van der Waals surface area (Å²) >= 11 is 0. The Morgan fingerprint density at radius 3 is 2.55 bits per heavy atom. The fraction of sp³-hybridized carbons (Fsp3) is 0.800. The molecule has 0 heterocycles. The molecule has 11 heavy (non-hydrogen) atoms. The summed E-state index contributed by atoms with van der Waals surface area (Å²) < 4.78 is 4.85. The van der Waals surface area contributed by atoms with E-state index in [9.17, 15) is 10.1 Å². The van der Waals surface area contributed by atoms with Crippen molar-refractivity contribution in [2.45, 2.75) is 6.92 Å². The lowest BCUT2D eigenvalue weighted by atomic mass is 10.8. The fourth-order valence-electron chi connectivity index (χ4n) is 0.446. The van der Waals surface area contributed by atoms with Gasteiger partial charge in [-0.15, -0.1) is 0 Å². The Kier molecular flexibility index (Phi) is 3.94. The zero-order valence-electron chi connectivity index (χ0n) is 6.77. The van der Waals surface area contributed by atoms with Gasteiger partial charge in [-0.05, 0) is 6.92 Å². The first kappa shape index (κ1) is 9.67. The number of nitrogens with zero attached hydrogens (tertiary/aromatic N) is 3. The minimum absolute atomic E-state index is 0.0116. The molecule has 0 fully saturated rings. The molecule has 0 spiro atoms. The van der Waals surface area contributed by atoms with E-state index in [1.165, 1.54) is 4.90 Å². The van der Waals surface area contributed by atoms with Crippen LogP contribution in [0.5, 0.6) is 0 Å². The number of amidine groups is 1. The summed E-state index contributed by atoms with van der Waals surface area (Å²) in [6, 6.07) is 0.0116. The standard InChI is InChI=1S/C5H11N3O3/c1-4-11-5(7(2)3)6-8(9)10/h4H2,1-3H3/b6-5-. The van der Waals surface area contributed by atoms with Gasteiger partial charge in [-0.3, -0.25) is 0 Å². The molecule has 0 amide bonds. The minimum Gasteiger partial charge on any atom is -0.461 e. The molecule has 0 saturated carbocycles. The Morgan fingerprint density at radius 1 is 1.73 bits per heavy atom. The van der Waals surface area contributed by atoms with Crippen LogP contribution >= 0.6 is 0 Å². The summed E-state index contributed by atoms with van der Waals surface area (Å²) in [5.74, 6) is 0. The first-order valence-electron chi connectivity index (χ1n) is 3.11. The molecule has 0 aliphatic carbocycles. The van der Waals surface area contributed by atoms with Gasteiger partial charge in [0.15, 0.2) is 5.03 Å².